The Bertz CT molecular complexity index is 960. The van der Waals surface area contributed by atoms with Gasteiger partial charge in [0, 0.05) is 34.6 Å². The maximum Gasteiger partial charge on any atom is 0.258 e. The predicted octanol–water partition coefficient (Wildman–Crippen LogP) is 3.55. The molecule has 0 saturated heterocycles. The highest BCUT2D eigenvalue weighted by Crippen LogP contribution is 2.60. The van der Waals surface area contributed by atoms with E-state index in [1.54, 1.807) is 30.5 Å². The van der Waals surface area contributed by atoms with Crippen LogP contribution < -0.4 is 15.4 Å². The van der Waals surface area contributed by atoms with Crippen LogP contribution in [0.3, 0.4) is 0 Å². The van der Waals surface area contributed by atoms with Crippen molar-refractivity contribution in [2.24, 2.45) is 0 Å². The van der Waals surface area contributed by atoms with E-state index < -0.39 is 0 Å². The van der Waals surface area contributed by atoms with Crippen molar-refractivity contribution in [3.05, 3.63) is 57.8 Å². The molecular formula is C21H21Cl2N3O3. The summed E-state index contributed by atoms with van der Waals surface area (Å²) in [5.41, 5.74) is 1.05. The Kier molecular flexibility index (Phi) is 5.17. The third-order valence-electron chi connectivity index (χ3n) is 5.52. The number of rotatable bonds is 7. The van der Waals surface area contributed by atoms with Crippen LogP contribution in [-0.2, 0) is 11.2 Å². The summed E-state index contributed by atoms with van der Waals surface area (Å²) in [5.74, 6) is 0.196. The molecule has 3 aliphatic rings. The zero-order chi connectivity index (χ0) is 20.6. The Morgan fingerprint density at radius 1 is 1.07 bits per heavy atom. The average molecular weight is 434 g/mol. The number of nitrogens with zero attached hydrogens (tertiary/aromatic N) is 1. The van der Waals surface area contributed by atoms with Gasteiger partial charge in [0.15, 0.2) is 6.61 Å². The summed E-state index contributed by atoms with van der Waals surface area (Å²) in [6, 6.07) is 8.40. The normalized spacial score (nSPS) is 24.1. The van der Waals surface area contributed by atoms with Crippen molar-refractivity contribution in [1.82, 2.24) is 15.6 Å². The molecule has 8 heteroatoms. The van der Waals surface area contributed by atoms with Gasteiger partial charge >= 0.3 is 0 Å². The number of hydrogen-bond donors (Lipinski definition) is 2. The molecule has 1 aromatic carbocycles. The number of hydrogen-bond acceptors (Lipinski definition) is 4. The average Bonchev–Trinajstić information content (AvgIpc) is 2.66. The molecule has 0 aliphatic heterocycles. The van der Waals surface area contributed by atoms with E-state index in [1.807, 2.05) is 13.0 Å². The van der Waals surface area contributed by atoms with Crippen LogP contribution in [0.4, 0.5) is 0 Å². The third kappa shape index (κ3) is 4.05. The van der Waals surface area contributed by atoms with Crippen molar-refractivity contribution < 1.29 is 14.3 Å². The molecule has 1 aromatic heterocycles. The van der Waals surface area contributed by atoms with Crippen LogP contribution in [0, 0.1) is 0 Å². The topological polar surface area (TPSA) is 80.3 Å². The molecule has 2 bridgehead atoms. The first-order chi connectivity index (χ1) is 13.8. The first-order valence-electron chi connectivity index (χ1n) is 9.48. The van der Waals surface area contributed by atoms with Crippen molar-refractivity contribution in [3.8, 4) is 5.75 Å². The summed E-state index contributed by atoms with van der Waals surface area (Å²) in [5, 5.41) is 6.95. The number of amides is 2. The van der Waals surface area contributed by atoms with E-state index in [0.717, 1.165) is 31.4 Å². The molecule has 1 heterocycles. The van der Waals surface area contributed by atoms with E-state index in [1.165, 1.54) is 0 Å². The monoisotopic (exact) mass is 433 g/mol. The summed E-state index contributed by atoms with van der Waals surface area (Å²) >= 11 is 11.8. The molecule has 6 nitrogen and oxygen atoms in total. The maximum atomic E-state index is 12.5. The number of nitrogens with one attached hydrogen (secondary N) is 2. The van der Waals surface area contributed by atoms with Gasteiger partial charge < -0.3 is 15.4 Å². The minimum Gasteiger partial charge on any atom is -0.484 e. The summed E-state index contributed by atoms with van der Waals surface area (Å²) < 4.78 is 5.47. The number of halogens is 2. The molecule has 3 aliphatic carbocycles. The number of ether oxygens (including phenoxy) is 1. The molecule has 0 atom stereocenters. The second kappa shape index (κ2) is 7.50. The molecule has 0 unspecified atom stereocenters. The van der Waals surface area contributed by atoms with E-state index in [4.69, 9.17) is 27.9 Å². The van der Waals surface area contributed by atoms with Gasteiger partial charge in [0.1, 0.15) is 5.75 Å². The Balaban J connectivity index is 1.24. The van der Waals surface area contributed by atoms with Gasteiger partial charge in [0.2, 0.25) is 0 Å². The molecule has 152 valence electrons. The highest BCUT2D eigenvalue weighted by molar-refractivity contribution is 6.42. The van der Waals surface area contributed by atoms with E-state index in [-0.39, 0.29) is 29.5 Å². The third-order valence-corrected chi connectivity index (χ3v) is 6.25. The second-order valence-corrected chi connectivity index (χ2v) is 8.66. The Morgan fingerprint density at radius 2 is 1.79 bits per heavy atom. The molecule has 29 heavy (non-hydrogen) atoms. The molecule has 5 rings (SSSR count). The molecular weight excluding hydrogens is 413 g/mol. The van der Waals surface area contributed by atoms with Crippen LogP contribution in [0.2, 0.25) is 10.0 Å². The van der Waals surface area contributed by atoms with Gasteiger partial charge in [-0.05, 0) is 49.9 Å². The highest BCUT2D eigenvalue weighted by atomic mass is 35.5. The van der Waals surface area contributed by atoms with Gasteiger partial charge in [-0.15, -0.1) is 0 Å². The van der Waals surface area contributed by atoms with E-state index >= 15 is 0 Å². The van der Waals surface area contributed by atoms with Crippen molar-refractivity contribution in [1.29, 1.82) is 0 Å². The SMILES string of the molecule is CCc1cc(C(=O)NC23CC(NC(=O)COc4ccc(Cl)c(Cl)c4)(C2)C3)ccn1. The lowest BCUT2D eigenvalue weighted by Gasteiger charge is -2.70. The molecule has 0 radical (unpaired) electrons. The molecule has 3 saturated carbocycles. The summed E-state index contributed by atoms with van der Waals surface area (Å²) in [4.78, 5) is 29.0. The van der Waals surface area contributed by atoms with Crippen LogP contribution >= 0.6 is 23.2 Å². The first kappa shape index (κ1) is 20.0. The van der Waals surface area contributed by atoms with Gasteiger partial charge in [-0.2, -0.15) is 0 Å². The Labute approximate surface area is 178 Å². The van der Waals surface area contributed by atoms with Crippen molar-refractivity contribution in [2.75, 3.05) is 6.61 Å². The van der Waals surface area contributed by atoms with Gasteiger partial charge in [-0.25, -0.2) is 0 Å². The van der Waals surface area contributed by atoms with Crippen molar-refractivity contribution >= 4 is 35.0 Å². The van der Waals surface area contributed by atoms with Crippen molar-refractivity contribution in [3.63, 3.8) is 0 Å². The van der Waals surface area contributed by atoms with Crippen LogP contribution in [-0.4, -0.2) is 34.5 Å². The van der Waals surface area contributed by atoms with E-state index in [0.29, 0.717) is 21.4 Å². The number of carbonyl (C=O) groups excluding carboxylic acids is 2. The molecule has 3 fully saturated rings. The minimum atomic E-state index is -0.238. The lowest BCUT2D eigenvalue weighted by molar-refractivity contribution is -0.141. The number of benzene rings is 1. The van der Waals surface area contributed by atoms with Crippen LogP contribution in [0.25, 0.3) is 0 Å². The summed E-state index contributed by atoms with van der Waals surface area (Å²) in [7, 11) is 0. The first-order valence-corrected chi connectivity index (χ1v) is 10.2. The number of aromatic nitrogens is 1. The van der Waals surface area contributed by atoms with E-state index in [9.17, 15) is 9.59 Å². The van der Waals surface area contributed by atoms with E-state index in [2.05, 4.69) is 15.6 Å². The van der Waals surface area contributed by atoms with Gasteiger partial charge in [0.05, 0.1) is 10.0 Å². The minimum absolute atomic E-state index is 0.0929. The number of pyridine rings is 1. The fourth-order valence-electron chi connectivity index (χ4n) is 4.23. The number of carbonyl (C=O) groups is 2. The molecule has 2 amide bonds. The van der Waals surface area contributed by atoms with Gasteiger partial charge in [0.25, 0.3) is 11.8 Å². The second-order valence-electron chi connectivity index (χ2n) is 7.85. The van der Waals surface area contributed by atoms with Crippen molar-refractivity contribution in [2.45, 2.75) is 43.7 Å². The van der Waals surface area contributed by atoms with Crippen LogP contribution in [0.15, 0.2) is 36.5 Å². The highest BCUT2D eigenvalue weighted by Gasteiger charge is 2.69. The smallest absolute Gasteiger partial charge is 0.258 e. The van der Waals surface area contributed by atoms with Gasteiger partial charge in [-0.1, -0.05) is 30.1 Å². The molecule has 2 aromatic rings. The summed E-state index contributed by atoms with van der Waals surface area (Å²) in [6.07, 6.45) is 4.64. The fourth-order valence-corrected chi connectivity index (χ4v) is 4.51. The zero-order valence-corrected chi connectivity index (χ0v) is 17.4. The number of aryl methyl sites for hydroxylation is 1. The molecule has 0 spiro atoms. The lowest BCUT2D eigenvalue weighted by atomic mass is 9.44. The quantitative estimate of drug-likeness (QED) is 0.699. The zero-order valence-electron chi connectivity index (χ0n) is 15.9. The van der Waals surface area contributed by atoms with Crippen LogP contribution in [0.5, 0.6) is 5.75 Å². The lowest BCUT2D eigenvalue weighted by Crippen LogP contribution is -2.84. The molecule has 2 N–H and O–H groups in total. The van der Waals surface area contributed by atoms with Crippen LogP contribution in [0.1, 0.15) is 42.2 Å². The standard InChI is InChI=1S/C21H21Cl2N3O3/c1-2-14-7-13(5-6-24-14)19(28)26-21-10-20(11-21,12-21)25-18(27)9-29-15-3-4-16(22)17(23)8-15/h3-8H,2,9-12H2,1H3,(H,25,27)(H,26,28). The predicted molar refractivity (Wildman–Crippen MR) is 110 cm³/mol. The largest absolute Gasteiger partial charge is 0.484 e. The Hall–Kier alpha value is -2.31. The summed E-state index contributed by atoms with van der Waals surface area (Å²) in [6.45, 7) is 1.90. The maximum absolute atomic E-state index is 12.5. The van der Waals surface area contributed by atoms with Gasteiger partial charge in [-0.3, -0.25) is 14.6 Å². The Morgan fingerprint density at radius 3 is 2.48 bits per heavy atom. The fraction of sp³-hybridized carbons (Fsp3) is 0.381.